The molecule has 0 heterocycles. The summed E-state index contributed by atoms with van der Waals surface area (Å²) in [6.07, 6.45) is 0. The number of nitrogens with two attached hydrogens (primary N) is 4. The Morgan fingerprint density at radius 1 is 0.833 bits per heavy atom. The lowest BCUT2D eigenvalue weighted by Crippen LogP contribution is -2.20. The summed E-state index contributed by atoms with van der Waals surface area (Å²) in [5.41, 5.74) is 26.3. The van der Waals surface area contributed by atoms with Crippen LogP contribution in [0.5, 0.6) is 0 Å². The van der Waals surface area contributed by atoms with Crippen molar-refractivity contribution in [3.63, 3.8) is 0 Å². The largest absolute Gasteiger partial charge is 0.399 e. The second-order valence-electron chi connectivity index (χ2n) is 2.90. The summed E-state index contributed by atoms with van der Waals surface area (Å²) in [6.45, 7) is 1.83. The standard InChI is InChI=1S/C7H13BN4/c1-2-4(9)3(8)6(11)7(12)5(2)10/h8-12H2,1H3. The van der Waals surface area contributed by atoms with E-state index in [0.717, 1.165) is 11.0 Å². The molecule has 0 amide bonds. The van der Waals surface area contributed by atoms with Crippen LogP contribution in [0.3, 0.4) is 0 Å². The van der Waals surface area contributed by atoms with Gasteiger partial charge in [0.05, 0.1) is 17.1 Å². The van der Waals surface area contributed by atoms with Crippen LogP contribution in [-0.4, -0.2) is 7.85 Å². The van der Waals surface area contributed by atoms with Crippen molar-refractivity contribution in [1.82, 2.24) is 0 Å². The second-order valence-corrected chi connectivity index (χ2v) is 2.90. The molecule has 8 N–H and O–H groups in total. The van der Waals surface area contributed by atoms with Gasteiger partial charge in [0.15, 0.2) is 0 Å². The molecule has 12 heavy (non-hydrogen) atoms. The topological polar surface area (TPSA) is 104 Å². The molecule has 0 aliphatic heterocycles. The van der Waals surface area contributed by atoms with Crippen LogP contribution < -0.4 is 28.4 Å². The molecule has 0 saturated carbocycles. The molecule has 0 aromatic heterocycles. The van der Waals surface area contributed by atoms with E-state index in [4.69, 9.17) is 22.9 Å². The van der Waals surface area contributed by atoms with Crippen molar-refractivity contribution in [3.05, 3.63) is 5.56 Å². The minimum Gasteiger partial charge on any atom is -0.399 e. The van der Waals surface area contributed by atoms with Crippen LogP contribution >= 0.6 is 0 Å². The van der Waals surface area contributed by atoms with Crippen LogP contribution in [0, 0.1) is 6.92 Å². The van der Waals surface area contributed by atoms with Gasteiger partial charge in [-0.2, -0.15) is 0 Å². The molecule has 5 heteroatoms. The molecule has 0 spiro atoms. The SMILES string of the molecule is Bc1c(N)c(C)c(N)c(N)c1N. The first kappa shape index (κ1) is 8.58. The predicted molar refractivity (Wildman–Crippen MR) is 57.0 cm³/mol. The molecule has 1 aromatic carbocycles. The molecule has 0 unspecified atom stereocenters. The minimum atomic E-state index is 0.430. The van der Waals surface area contributed by atoms with E-state index < -0.39 is 0 Å². The molecule has 0 atom stereocenters. The Bertz CT molecular complexity index is 230. The van der Waals surface area contributed by atoms with Crippen molar-refractivity contribution in [2.24, 2.45) is 0 Å². The van der Waals surface area contributed by atoms with Gasteiger partial charge in [-0.05, 0) is 17.9 Å². The third-order valence-electron chi connectivity index (χ3n) is 2.20. The van der Waals surface area contributed by atoms with Gasteiger partial charge < -0.3 is 22.9 Å². The van der Waals surface area contributed by atoms with Gasteiger partial charge in [-0.15, -0.1) is 0 Å². The summed E-state index contributed by atoms with van der Waals surface area (Å²) in [5, 5.41) is 0. The van der Waals surface area contributed by atoms with E-state index in [9.17, 15) is 0 Å². The number of benzene rings is 1. The van der Waals surface area contributed by atoms with E-state index in [2.05, 4.69) is 0 Å². The maximum atomic E-state index is 5.74. The van der Waals surface area contributed by atoms with E-state index >= 15 is 0 Å². The average molecular weight is 164 g/mol. The highest BCUT2D eigenvalue weighted by Crippen LogP contribution is 2.28. The third-order valence-corrected chi connectivity index (χ3v) is 2.20. The fourth-order valence-electron chi connectivity index (χ4n) is 1.12. The Balaban J connectivity index is 3.60. The summed E-state index contributed by atoms with van der Waals surface area (Å²) in [4.78, 5) is 0. The molecule has 0 aliphatic carbocycles. The third kappa shape index (κ3) is 0.940. The lowest BCUT2D eigenvalue weighted by Gasteiger charge is -2.14. The number of anilines is 4. The number of rotatable bonds is 0. The van der Waals surface area contributed by atoms with Crippen molar-refractivity contribution in [2.75, 3.05) is 22.9 Å². The second kappa shape index (κ2) is 2.51. The molecule has 4 nitrogen and oxygen atoms in total. The van der Waals surface area contributed by atoms with E-state index in [1.54, 1.807) is 0 Å². The summed E-state index contributed by atoms with van der Waals surface area (Å²) < 4.78 is 0. The molecule has 0 saturated heterocycles. The Morgan fingerprint density at radius 2 is 1.33 bits per heavy atom. The normalized spacial score (nSPS) is 10.1. The van der Waals surface area contributed by atoms with E-state index in [1.165, 1.54) is 0 Å². The first-order valence-electron chi connectivity index (χ1n) is 3.65. The molecule has 0 aliphatic rings. The van der Waals surface area contributed by atoms with Crippen LogP contribution in [-0.2, 0) is 0 Å². The Labute approximate surface area is 72.3 Å². The van der Waals surface area contributed by atoms with E-state index in [-0.39, 0.29) is 0 Å². The quantitative estimate of drug-likeness (QED) is 0.279. The first-order valence-corrected chi connectivity index (χ1v) is 3.65. The highest BCUT2D eigenvalue weighted by Gasteiger charge is 2.10. The van der Waals surface area contributed by atoms with Crippen molar-refractivity contribution in [1.29, 1.82) is 0 Å². The van der Waals surface area contributed by atoms with Crippen molar-refractivity contribution in [3.8, 4) is 0 Å². The molecular formula is C7H13BN4. The summed E-state index contributed by atoms with van der Waals surface area (Å²) in [5.74, 6) is 0. The molecule has 0 fully saturated rings. The van der Waals surface area contributed by atoms with Gasteiger partial charge in [-0.3, -0.25) is 0 Å². The maximum Gasteiger partial charge on any atom is 0.144 e. The minimum absolute atomic E-state index is 0.430. The average Bonchev–Trinajstić information content (AvgIpc) is 2.08. The van der Waals surface area contributed by atoms with E-state index in [1.807, 2.05) is 14.8 Å². The van der Waals surface area contributed by atoms with Gasteiger partial charge in [0.2, 0.25) is 0 Å². The first-order chi connectivity index (χ1) is 5.46. The number of hydrogen-bond donors (Lipinski definition) is 4. The number of hydrogen-bond acceptors (Lipinski definition) is 4. The zero-order chi connectivity index (χ0) is 9.46. The predicted octanol–water partition coefficient (Wildman–Crippen LogP) is -1.42. The zero-order valence-electron chi connectivity index (χ0n) is 7.31. The highest BCUT2D eigenvalue weighted by molar-refractivity contribution is 6.40. The van der Waals surface area contributed by atoms with Gasteiger partial charge in [-0.25, -0.2) is 0 Å². The number of nitrogen functional groups attached to an aromatic ring is 4. The molecule has 1 aromatic rings. The Morgan fingerprint density at radius 3 is 1.83 bits per heavy atom. The maximum absolute atomic E-state index is 5.74. The van der Waals surface area contributed by atoms with Gasteiger partial charge in [0.25, 0.3) is 0 Å². The smallest absolute Gasteiger partial charge is 0.144 e. The molecular weight excluding hydrogens is 151 g/mol. The van der Waals surface area contributed by atoms with Gasteiger partial charge in [0.1, 0.15) is 7.85 Å². The molecule has 0 radical (unpaired) electrons. The summed E-state index contributed by atoms with van der Waals surface area (Å²) in [7, 11) is 1.83. The van der Waals surface area contributed by atoms with E-state index in [0.29, 0.717) is 22.7 Å². The Hall–Kier alpha value is -1.52. The summed E-state index contributed by atoms with van der Waals surface area (Å²) >= 11 is 0. The fraction of sp³-hybridized carbons (Fsp3) is 0.143. The van der Waals surface area contributed by atoms with Gasteiger partial charge in [-0.1, -0.05) is 0 Å². The highest BCUT2D eigenvalue weighted by atomic mass is 14.8. The lowest BCUT2D eigenvalue weighted by atomic mass is 9.88. The summed E-state index contributed by atoms with van der Waals surface area (Å²) in [6, 6.07) is 0. The fourth-order valence-corrected chi connectivity index (χ4v) is 1.12. The molecule has 0 bridgehead atoms. The van der Waals surface area contributed by atoms with Crippen LogP contribution in [0.4, 0.5) is 22.7 Å². The van der Waals surface area contributed by atoms with Crippen molar-refractivity contribution in [2.45, 2.75) is 6.92 Å². The van der Waals surface area contributed by atoms with Gasteiger partial charge in [0, 0.05) is 5.69 Å². The van der Waals surface area contributed by atoms with Crippen LogP contribution in [0.25, 0.3) is 0 Å². The molecule has 64 valence electrons. The van der Waals surface area contributed by atoms with Crippen LogP contribution in [0.1, 0.15) is 5.56 Å². The van der Waals surface area contributed by atoms with Crippen LogP contribution in [0.15, 0.2) is 0 Å². The monoisotopic (exact) mass is 164 g/mol. The van der Waals surface area contributed by atoms with Crippen LogP contribution in [0.2, 0.25) is 0 Å². The zero-order valence-corrected chi connectivity index (χ0v) is 7.31. The Kier molecular flexibility index (Phi) is 1.80. The van der Waals surface area contributed by atoms with Crippen molar-refractivity contribution < 1.29 is 0 Å². The molecule has 1 rings (SSSR count). The van der Waals surface area contributed by atoms with Gasteiger partial charge >= 0.3 is 0 Å². The van der Waals surface area contributed by atoms with Crippen molar-refractivity contribution >= 4 is 36.1 Å². The lowest BCUT2D eigenvalue weighted by molar-refractivity contribution is 1.49.